The second-order valence-corrected chi connectivity index (χ2v) is 5.38. The largest absolute Gasteiger partial charge is 0.493 e. The number of hydrogen-bond acceptors (Lipinski definition) is 5. The van der Waals surface area contributed by atoms with E-state index in [4.69, 9.17) is 25.8 Å². The summed E-state index contributed by atoms with van der Waals surface area (Å²) in [7, 11) is 4.49. The SMILES string of the molecule is COc1cc(NCC(=O)Nc2cc(Cl)ccc2F)cc(OC)c1OC. The van der Waals surface area contributed by atoms with Crippen molar-refractivity contribution in [3.05, 3.63) is 41.2 Å². The third kappa shape index (κ3) is 4.67. The zero-order valence-corrected chi connectivity index (χ0v) is 14.7. The molecule has 134 valence electrons. The predicted molar refractivity (Wildman–Crippen MR) is 94.6 cm³/mol. The van der Waals surface area contributed by atoms with Crippen LogP contribution in [0.3, 0.4) is 0 Å². The van der Waals surface area contributed by atoms with Crippen molar-refractivity contribution in [1.82, 2.24) is 0 Å². The van der Waals surface area contributed by atoms with Crippen LogP contribution >= 0.6 is 11.6 Å². The lowest BCUT2D eigenvalue weighted by Crippen LogP contribution is -2.22. The Bertz CT molecular complexity index is 745. The van der Waals surface area contributed by atoms with Crippen molar-refractivity contribution in [3.63, 3.8) is 0 Å². The number of ether oxygens (including phenoxy) is 3. The number of amides is 1. The van der Waals surface area contributed by atoms with Gasteiger partial charge in [0.2, 0.25) is 11.7 Å². The molecular weight excluding hydrogens is 351 g/mol. The minimum absolute atomic E-state index is 0.0178. The number of halogens is 2. The van der Waals surface area contributed by atoms with Gasteiger partial charge in [-0.2, -0.15) is 0 Å². The normalized spacial score (nSPS) is 10.1. The van der Waals surface area contributed by atoms with E-state index < -0.39 is 11.7 Å². The predicted octanol–water partition coefficient (Wildman–Crippen LogP) is 3.56. The summed E-state index contributed by atoms with van der Waals surface area (Å²) in [4.78, 5) is 12.0. The van der Waals surface area contributed by atoms with Crippen molar-refractivity contribution >= 4 is 28.9 Å². The van der Waals surface area contributed by atoms with E-state index in [0.29, 0.717) is 28.0 Å². The van der Waals surface area contributed by atoms with Gasteiger partial charge in [-0.15, -0.1) is 0 Å². The summed E-state index contributed by atoms with van der Waals surface area (Å²) in [5.41, 5.74) is 0.598. The molecule has 25 heavy (non-hydrogen) atoms. The fourth-order valence-corrected chi connectivity index (χ4v) is 2.33. The van der Waals surface area contributed by atoms with Crippen LogP contribution < -0.4 is 24.8 Å². The van der Waals surface area contributed by atoms with E-state index in [0.717, 1.165) is 0 Å². The Morgan fingerprint density at radius 3 is 2.28 bits per heavy atom. The molecule has 1 amide bonds. The number of carbonyl (C=O) groups is 1. The van der Waals surface area contributed by atoms with Gasteiger partial charge in [-0.05, 0) is 18.2 Å². The van der Waals surface area contributed by atoms with Gasteiger partial charge in [-0.25, -0.2) is 4.39 Å². The highest BCUT2D eigenvalue weighted by Gasteiger charge is 2.14. The molecule has 0 heterocycles. The number of carbonyl (C=O) groups excluding carboxylic acids is 1. The van der Waals surface area contributed by atoms with E-state index in [9.17, 15) is 9.18 Å². The smallest absolute Gasteiger partial charge is 0.243 e. The molecule has 0 atom stereocenters. The summed E-state index contributed by atoms with van der Waals surface area (Å²) in [5.74, 6) is 0.345. The maximum atomic E-state index is 13.6. The second-order valence-electron chi connectivity index (χ2n) is 4.94. The first kappa shape index (κ1) is 18.7. The zero-order chi connectivity index (χ0) is 18.4. The van der Waals surface area contributed by atoms with Gasteiger partial charge in [-0.1, -0.05) is 11.6 Å². The lowest BCUT2D eigenvalue weighted by molar-refractivity contribution is -0.114. The monoisotopic (exact) mass is 368 g/mol. The van der Waals surface area contributed by atoms with E-state index in [1.807, 2.05) is 0 Å². The minimum Gasteiger partial charge on any atom is -0.493 e. The number of hydrogen-bond donors (Lipinski definition) is 2. The molecule has 0 bridgehead atoms. The Morgan fingerprint density at radius 2 is 1.72 bits per heavy atom. The second kappa shape index (κ2) is 8.43. The topological polar surface area (TPSA) is 68.8 Å². The quantitative estimate of drug-likeness (QED) is 0.782. The lowest BCUT2D eigenvalue weighted by Gasteiger charge is -2.15. The Hall–Kier alpha value is -2.67. The van der Waals surface area contributed by atoms with Crippen LogP contribution in [0, 0.1) is 5.82 Å². The van der Waals surface area contributed by atoms with Crippen molar-refractivity contribution in [1.29, 1.82) is 0 Å². The Morgan fingerprint density at radius 1 is 1.08 bits per heavy atom. The molecule has 0 spiro atoms. The Balaban J connectivity index is 2.07. The average molecular weight is 369 g/mol. The Labute approximate surface area is 149 Å². The highest BCUT2D eigenvalue weighted by atomic mass is 35.5. The lowest BCUT2D eigenvalue weighted by atomic mass is 10.2. The van der Waals surface area contributed by atoms with Crippen LogP contribution in [-0.2, 0) is 4.79 Å². The first-order chi connectivity index (χ1) is 12.0. The van der Waals surface area contributed by atoms with E-state index in [-0.39, 0.29) is 12.2 Å². The molecule has 0 fully saturated rings. The van der Waals surface area contributed by atoms with Gasteiger partial charge in [0.15, 0.2) is 11.5 Å². The van der Waals surface area contributed by atoms with Gasteiger partial charge in [0.05, 0.1) is 33.6 Å². The highest BCUT2D eigenvalue weighted by Crippen LogP contribution is 2.39. The molecular formula is C17H18ClFN2O4. The van der Waals surface area contributed by atoms with Gasteiger partial charge in [0, 0.05) is 22.8 Å². The van der Waals surface area contributed by atoms with E-state index in [1.165, 1.54) is 39.5 Å². The fraction of sp³-hybridized carbons (Fsp3) is 0.235. The molecule has 2 aromatic carbocycles. The third-order valence-electron chi connectivity index (χ3n) is 3.32. The average Bonchev–Trinajstić information content (AvgIpc) is 2.61. The van der Waals surface area contributed by atoms with E-state index >= 15 is 0 Å². The minimum atomic E-state index is -0.564. The van der Waals surface area contributed by atoms with Crippen molar-refractivity contribution in [2.75, 3.05) is 38.5 Å². The third-order valence-corrected chi connectivity index (χ3v) is 3.56. The van der Waals surface area contributed by atoms with Crippen molar-refractivity contribution in [3.8, 4) is 17.2 Å². The summed E-state index contributed by atoms with van der Waals surface area (Å²) in [6.45, 7) is -0.0927. The van der Waals surface area contributed by atoms with Gasteiger partial charge in [-0.3, -0.25) is 4.79 Å². The molecule has 0 radical (unpaired) electrons. The first-order valence-corrected chi connectivity index (χ1v) is 7.65. The zero-order valence-electron chi connectivity index (χ0n) is 14.0. The summed E-state index contributed by atoms with van der Waals surface area (Å²) in [6, 6.07) is 7.25. The molecule has 0 unspecified atom stereocenters. The van der Waals surface area contributed by atoms with Crippen molar-refractivity contribution in [2.45, 2.75) is 0 Å². The van der Waals surface area contributed by atoms with Gasteiger partial charge < -0.3 is 24.8 Å². The van der Waals surface area contributed by atoms with Crippen LogP contribution in [-0.4, -0.2) is 33.8 Å². The summed E-state index contributed by atoms with van der Waals surface area (Å²) < 4.78 is 29.3. The maximum absolute atomic E-state index is 13.6. The molecule has 0 saturated heterocycles. The first-order valence-electron chi connectivity index (χ1n) is 7.27. The fourth-order valence-electron chi connectivity index (χ4n) is 2.15. The molecule has 6 nitrogen and oxygen atoms in total. The standard InChI is InChI=1S/C17H18ClFN2O4/c1-23-14-7-11(8-15(24-2)17(14)25-3)20-9-16(22)21-13-6-10(18)4-5-12(13)19/h4-8,20H,9H2,1-3H3,(H,21,22). The molecule has 0 aliphatic heterocycles. The summed E-state index contributed by atoms with van der Waals surface area (Å²) in [5, 5.41) is 5.70. The van der Waals surface area contributed by atoms with Crippen LogP contribution in [0.1, 0.15) is 0 Å². The molecule has 8 heteroatoms. The Kier molecular flexibility index (Phi) is 6.30. The molecule has 2 rings (SSSR count). The summed E-state index contributed by atoms with van der Waals surface area (Å²) in [6.07, 6.45) is 0. The van der Waals surface area contributed by atoms with Crippen molar-refractivity contribution < 1.29 is 23.4 Å². The molecule has 0 aliphatic carbocycles. The van der Waals surface area contributed by atoms with Crippen LogP contribution in [0.15, 0.2) is 30.3 Å². The van der Waals surface area contributed by atoms with E-state index in [1.54, 1.807) is 12.1 Å². The number of benzene rings is 2. The molecule has 2 aromatic rings. The van der Waals surface area contributed by atoms with Crippen LogP contribution in [0.4, 0.5) is 15.8 Å². The number of methoxy groups -OCH3 is 3. The summed E-state index contributed by atoms with van der Waals surface area (Å²) >= 11 is 5.80. The number of anilines is 2. The molecule has 0 aromatic heterocycles. The molecule has 0 saturated carbocycles. The molecule has 0 aliphatic rings. The highest BCUT2D eigenvalue weighted by molar-refractivity contribution is 6.30. The molecule has 2 N–H and O–H groups in total. The number of rotatable bonds is 7. The maximum Gasteiger partial charge on any atom is 0.243 e. The van der Waals surface area contributed by atoms with Gasteiger partial charge in [0.25, 0.3) is 0 Å². The number of nitrogens with one attached hydrogen (secondary N) is 2. The van der Waals surface area contributed by atoms with Crippen molar-refractivity contribution in [2.24, 2.45) is 0 Å². The van der Waals surface area contributed by atoms with Crippen LogP contribution in [0.25, 0.3) is 0 Å². The van der Waals surface area contributed by atoms with Gasteiger partial charge in [0.1, 0.15) is 5.82 Å². The van der Waals surface area contributed by atoms with Crippen LogP contribution in [0.2, 0.25) is 5.02 Å². The van der Waals surface area contributed by atoms with Gasteiger partial charge >= 0.3 is 0 Å². The van der Waals surface area contributed by atoms with E-state index in [2.05, 4.69) is 10.6 Å². The van der Waals surface area contributed by atoms with Crippen LogP contribution in [0.5, 0.6) is 17.2 Å².